The average Bonchev–Trinajstić information content (AvgIpc) is 2.49. The van der Waals surface area contributed by atoms with Crippen LogP contribution in [-0.4, -0.2) is 17.7 Å². The zero-order chi connectivity index (χ0) is 14.4. The van der Waals surface area contributed by atoms with Crippen LogP contribution in [0.4, 0.5) is 0 Å². The maximum Gasteiger partial charge on any atom is 0.338 e. The van der Waals surface area contributed by atoms with Crippen molar-refractivity contribution in [2.45, 2.75) is 6.42 Å². The van der Waals surface area contributed by atoms with Crippen molar-refractivity contribution < 1.29 is 14.6 Å². The molecule has 0 amide bonds. The van der Waals surface area contributed by atoms with Crippen LogP contribution >= 0.6 is 0 Å². The lowest BCUT2D eigenvalue weighted by molar-refractivity contribution is -0.130. The average molecular weight is 268 g/mol. The fraction of sp³-hybridized carbons (Fsp3) is 0.118. The van der Waals surface area contributed by atoms with Crippen LogP contribution in [-0.2, 0) is 4.79 Å². The van der Waals surface area contributed by atoms with Crippen LogP contribution in [0, 0.1) is 0 Å². The van der Waals surface area contributed by atoms with Crippen LogP contribution in [0.2, 0.25) is 0 Å². The van der Waals surface area contributed by atoms with Crippen LogP contribution < -0.4 is 4.74 Å². The molecule has 2 aromatic rings. The SMILES string of the molecule is C=C(CCO)C(=O)Oc1ccccc1-c1ccccc1. The number of aliphatic hydroxyl groups is 1. The first kappa shape index (κ1) is 14.0. The van der Waals surface area contributed by atoms with E-state index >= 15 is 0 Å². The first-order chi connectivity index (χ1) is 9.72. The Balaban J connectivity index is 2.25. The molecule has 3 heteroatoms. The molecule has 0 radical (unpaired) electrons. The summed E-state index contributed by atoms with van der Waals surface area (Å²) in [5.74, 6) is -0.0229. The van der Waals surface area contributed by atoms with Crippen LogP contribution in [0.1, 0.15) is 6.42 Å². The predicted molar refractivity (Wildman–Crippen MR) is 78.4 cm³/mol. The molecule has 0 atom stereocenters. The molecule has 0 unspecified atom stereocenters. The summed E-state index contributed by atoms with van der Waals surface area (Å²) in [6.07, 6.45) is 0.215. The Labute approximate surface area is 118 Å². The summed E-state index contributed by atoms with van der Waals surface area (Å²) < 4.78 is 5.36. The van der Waals surface area contributed by atoms with E-state index in [0.717, 1.165) is 11.1 Å². The minimum Gasteiger partial charge on any atom is -0.423 e. The van der Waals surface area contributed by atoms with Crippen molar-refractivity contribution in [3.05, 3.63) is 66.7 Å². The molecule has 2 rings (SSSR count). The van der Waals surface area contributed by atoms with Crippen molar-refractivity contribution >= 4 is 5.97 Å². The van der Waals surface area contributed by atoms with Gasteiger partial charge in [0, 0.05) is 24.2 Å². The van der Waals surface area contributed by atoms with Gasteiger partial charge in [-0.3, -0.25) is 0 Å². The molecule has 102 valence electrons. The maximum absolute atomic E-state index is 11.9. The van der Waals surface area contributed by atoms with E-state index < -0.39 is 5.97 Å². The molecule has 0 heterocycles. The quantitative estimate of drug-likeness (QED) is 0.514. The largest absolute Gasteiger partial charge is 0.423 e. The Morgan fingerprint density at radius 1 is 1.05 bits per heavy atom. The van der Waals surface area contributed by atoms with Gasteiger partial charge >= 0.3 is 5.97 Å². The molecule has 0 spiro atoms. The van der Waals surface area contributed by atoms with Crippen molar-refractivity contribution in [1.82, 2.24) is 0 Å². The highest BCUT2D eigenvalue weighted by Crippen LogP contribution is 2.30. The number of hydrogen-bond donors (Lipinski definition) is 1. The number of aliphatic hydroxyl groups excluding tert-OH is 1. The predicted octanol–water partition coefficient (Wildman–Crippen LogP) is 3.20. The molecule has 20 heavy (non-hydrogen) atoms. The van der Waals surface area contributed by atoms with E-state index in [4.69, 9.17) is 9.84 Å². The summed E-state index contributed by atoms with van der Waals surface area (Å²) in [5, 5.41) is 8.82. The highest BCUT2D eigenvalue weighted by Gasteiger charge is 2.12. The third kappa shape index (κ3) is 3.33. The fourth-order valence-electron chi connectivity index (χ4n) is 1.82. The summed E-state index contributed by atoms with van der Waals surface area (Å²) in [7, 11) is 0. The Bertz CT molecular complexity index is 603. The van der Waals surface area contributed by atoms with Gasteiger partial charge in [0.25, 0.3) is 0 Å². The molecule has 0 bridgehead atoms. The number of ether oxygens (including phenoxy) is 1. The molecule has 1 N–H and O–H groups in total. The van der Waals surface area contributed by atoms with E-state index in [1.807, 2.05) is 48.5 Å². The standard InChI is InChI=1S/C17H16O3/c1-13(11-12-18)17(19)20-16-10-6-5-9-15(16)14-7-3-2-4-8-14/h2-10,18H,1,11-12H2. The van der Waals surface area contributed by atoms with Gasteiger partial charge in [-0.05, 0) is 11.6 Å². The van der Waals surface area contributed by atoms with Gasteiger partial charge in [0.1, 0.15) is 5.75 Å². The Kier molecular flexibility index (Phi) is 4.69. The molecule has 0 aliphatic carbocycles. The summed E-state index contributed by atoms with van der Waals surface area (Å²) >= 11 is 0. The van der Waals surface area contributed by atoms with E-state index in [1.165, 1.54) is 0 Å². The minimum absolute atomic E-state index is 0.117. The number of rotatable bonds is 5. The lowest BCUT2D eigenvalue weighted by Crippen LogP contribution is -2.12. The molecular formula is C17H16O3. The second-order valence-electron chi connectivity index (χ2n) is 4.33. The molecule has 0 aromatic heterocycles. The summed E-state index contributed by atoms with van der Waals surface area (Å²) in [5.41, 5.74) is 2.08. The van der Waals surface area contributed by atoms with Crippen molar-refractivity contribution in [2.75, 3.05) is 6.61 Å². The third-order valence-electron chi connectivity index (χ3n) is 2.88. The van der Waals surface area contributed by atoms with E-state index in [-0.39, 0.29) is 18.6 Å². The zero-order valence-corrected chi connectivity index (χ0v) is 11.1. The Morgan fingerprint density at radius 2 is 1.70 bits per heavy atom. The lowest BCUT2D eigenvalue weighted by Gasteiger charge is -2.10. The van der Waals surface area contributed by atoms with Gasteiger partial charge in [0.15, 0.2) is 0 Å². The van der Waals surface area contributed by atoms with Gasteiger partial charge in [-0.2, -0.15) is 0 Å². The molecule has 0 aliphatic rings. The van der Waals surface area contributed by atoms with Gasteiger partial charge in [-0.25, -0.2) is 4.79 Å². The molecule has 3 nitrogen and oxygen atoms in total. The topological polar surface area (TPSA) is 46.5 Å². The maximum atomic E-state index is 11.9. The van der Waals surface area contributed by atoms with Gasteiger partial charge in [-0.15, -0.1) is 0 Å². The van der Waals surface area contributed by atoms with Crippen molar-refractivity contribution in [3.8, 4) is 16.9 Å². The Hall–Kier alpha value is -2.39. The van der Waals surface area contributed by atoms with Gasteiger partial charge < -0.3 is 9.84 Å². The van der Waals surface area contributed by atoms with E-state index in [1.54, 1.807) is 6.07 Å². The van der Waals surface area contributed by atoms with Crippen LogP contribution in [0.3, 0.4) is 0 Å². The normalized spacial score (nSPS) is 10.1. The number of para-hydroxylation sites is 1. The van der Waals surface area contributed by atoms with Gasteiger partial charge in [0.05, 0.1) is 0 Å². The summed E-state index contributed by atoms with van der Waals surface area (Å²) in [6, 6.07) is 17.0. The number of esters is 1. The third-order valence-corrected chi connectivity index (χ3v) is 2.88. The molecule has 2 aromatic carbocycles. The smallest absolute Gasteiger partial charge is 0.338 e. The lowest BCUT2D eigenvalue weighted by atomic mass is 10.0. The molecule has 0 saturated carbocycles. The van der Waals surface area contributed by atoms with E-state index in [0.29, 0.717) is 5.75 Å². The van der Waals surface area contributed by atoms with Gasteiger partial charge in [-0.1, -0.05) is 55.1 Å². The molecular weight excluding hydrogens is 252 g/mol. The highest BCUT2D eigenvalue weighted by molar-refractivity contribution is 5.90. The second kappa shape index (κ2) is 6.68. The number of benzene rings is 2. The first-order valence-corrected chi connectivity index (χ1v) is 6.37. The van der Waals surface area contributed by atoms with Crippen molar-refractivity contribution in [2.24, 2.45) is 0 Å². The Morgan fingerprint density at radius 3 is 2.40 bits per heavy atom. The molecule has 0 fully saturated rings. The molecule has 0 saturated heterocycles. The van der Waals surface area contributed by atoms with Crippen molar-refractivity contribution in [3.63, 3.8) is 0 Å². The number of carbonyl (C=O) groups excluding carboxylic acids is 1. The first-order valence-electron chi connectivity index (χ1n) is 6.37. The van der Waals surface area contributed by atoms with Gasteiger partial charge in [0.2, 0.25) is 0 Å². The van der Waals surface area contributed by atoms with Crippen LogP contribution in [0.15, 0.2) is 66.7 Å². The highest BCUT2D eigenvalue weighted by atomic mass is 16.5. The van der Waals surface area contributed by atoms with Crippen LogP contribution in [0.5, 0.6) is 5.75 Å². The zero-order valence-electron chi connectivity index (χ0n) is 11.1. The molecule has 0 aliphatic heterocycles. The number of carbonyl (C=O) groups is 1. The minimum atomic E-state index is -0.512. The van der Waals surface area contributed by atoms with E-state index in [2.05, 4.69) is 6.58 Å². The van der Waals surface area contributed by atoms with E-state index in [9.17, 15) is 4.79 Å². The second-order valence-corrected chi connectivity index (χ2v) is 4.33. The summed E-state index contributed by atoms with van der Waals surface area (Å²) in [4.78, 5) is 11.9. The monoisotopic (exact) mass is 268 g/mol. The van der Waals surface area contributed by atoms with Crippen LogP contribution in [0.25, 0.3) is 11.1 Å². The number of hydrogen-bond acceptors (Lipinski definition) is 3. The summed E-state index contributed by atoms with van der Waals surface area (Å²) in [6.45, 7) is 3.49. The fourth-order valence-corrected chi connectivity index (χ4v) is 1.82. The van der Waals surface area contributed by atoms with Crippen molar-refractivity contribution in [1.29, 1.82) is 0 Å².